The van der Waals surface area contributed by atoms with Gasteiger partial charge < -0.3 is 10.2 Å². The molecular formula is C13H21N3O. The molecule has 1 N–H and O–H groups in total. The smallest absolute Gasteiger partial charge is 0.240 e. The number of likely N-dealkylation sites (tertiary alicyclic amines) is 1. The molecule has 2 rings (SSSR count). The summed E-state index contributed by atoms with van der Waals surface area (Å²) in [5.74, 6) is 0.691. The Morgan fingerprint density at radius 2 is 2.12 bits per heavy atom. The molecule has 4 heteroatoms. The third-order valence-corrected chi connectivity index (χ3v) is 4.07. The topological polar surface area (TPSA) is 56.1 Å². The van der Waals surface area contributed by atoms with Gasteiger partial charge in [0, 0.05) is 6.54 Å². The lowest BCUT2D eigenvalue weighted by atomic mass is 9.94. The van der Waals surface area contributed by atoms with Gasteiger partial charge in [-0.25, -0.2) is 0 Å². The van der Waals surface area contributed by atoms with Gasteiger partial charge in [0.25, 0.3) is 0 Å². The van der Waals surface area contributed by atoms with Gasteiger partial charge in [-0.05, 0) is 58.2 Å². The fourth-order valence-corrected chi connectivity index (χ4v) is 2.42. The van der Waals surface area contributed by atoms with Crippen molar-refractivity contribution >= 4 is 5.91 Å². The zero-order valence-corrected chi connectivity index (χ0v) is 10.5. The summed E-state index contributed by atoms with van der Waals surface area (Å²) in [5, 5.41) is 11.8. The molecule has 2 aliphatic rings. The molecule has 1 saturated carbocycles. The van der Waals surface area contributed by atoms with Crippen molar-refractivity contribution in [1.82, 2.24) is 10.2 Å². The lowest BCUT2D eigenvalue weighted by Crippen LogP contribution is -2.35. The fourth-order valence-electron chi connectivity index (χ4n) is 2.42. The zero-order valence-electron chi connectivity index (χ0n) is 10.5. The summed E-state index contributed by atoms with van der Waals surface area (Å²) in [6.07, 6.45) is 5.00. The molecule has 1 saturated heterocycles. The molecule has 0 atom stereocenters. The minimum atomic E-state index is -0.660. The minimum absolute atomic E-state index is 0.0482. The van der Waals surface area contributed by atoms with E-state index >= 15 is 0 Å². The van der Waals surface area contributed by atoms with Crippen LogP contribution in [0.5, 0.6) is 0 Å². The molecule has 17 heavy (non-hydrogen) atoms. The van der Waals surface area contributed by atoms with Crippen molar-refractivity contribution in [2.45, 2.75) is 32.1 Å². The predicted octanol–water partition coefficient (Wildman–Crippen LogP) is 1.14. The van der Waals surface area contributed by atoms with Crippen molar-refractivity contribution in [3.63, 3.8) is 0 Å². The van der Waals surface area contributed by atoms with Crippen molar-refractivity contribution in [3.8, 4) is 6.07 Å². The summed E-state index contributed by atoms with van der Waals surface area (Å²) in [4.78, 5) is 14.1. The van der Waals surface area contributed by atoms with Gasteiger partial charge in [0.2, 0.25) is 5.91 Å². The van der Waals surface area contributed by atoms with Crippen LogP contribution in [0, 0.1) is 22.7 Å². The number of carbonyl (C=O) groups is 1. The van der Waals surface area contributed by atoms with Gasteiger partial charge in [-0.3, -0.25) is 4.79 Å². The Morgan fingerprint density at radius 1 is 1.47 bits per heavy atom. The van der Waals surface area contributed by atoms with Crippen LogP contribution in [0.25, 0.3) is 0 Å². The molecule has 0 radical (unpaired) electrons. The normalized spacial score (nSPS) is 24.0. The molecule has 0 spiro atoms. The first-order valence-corrected chi connectivity index (χ1v) is 6.54. The summed E-state index contributed by atoms with van der Waals surface area (Å²) < 4.78 is 0. The van der Waals surface area contributed by atoms with E-state index in [1.165, 1.54) is 25.9 Å². The van der Waals surface area contributed by atoms with E-state index < -0.39 is 5.41 Å². The number of amides is 1. The Balaban J connectivity index is 1.63. The molecule has 0 bridgehead atoms. The fraction of sp³-hybridized carbons (Fsp3) is 0.846. The highest BCUT2D eigenvalue weighted by atomic mass is 16.2. The number of nitriles is 1. The quantitative estimate of drug-likeness (QED) is 0.795. The van der Waals surface area contributed by atoms with Crippen molar-refractivity contribution in [2.24, 2.45) is 11.3 Å². The largest absolute Gasteiger partial charge is 0.355 e. The molecule has 1 heterocycles. The molecule has 94 valence electrons. The summed E-state index contributed by atoms with van der Waals surface area (Å²) >= 11 is 0. The zero-order chi connectivity index (χ0) is 12.3. The second-order valence-electron chi connectivity index (χ2n) is 5.49. The highest BCUT2D eigenvalue weighted by Crippen LogP contribution is 2.44. The Bertz CT molecular complexity index is 322. The summed E-state index contributed by atoms with van der Waals surface area (Å²) in [6.45, 7) is 3.07. The van der Waals surface area contributed by atoms with Gasteiger partial charge in [-0.1, -0.05) is 0 Å². The van der Waals surface area contributed by atoms with E-state index in [2.05, 4.69) is 23.3 Å². The number of hydrogen-bond donors (Lipinski definition) is 1. The maximum Gasteiger partial charge on any atom is 0.240 e. The van der Waals surface area contributed by atoms with E-state index in [1.54, 1.807) is 0 Å². The van der Waals surface area contributed by atoms with Crippen molar-refractivity contribution in [2.75, 3.05) is 26.7 Å². The first-order valence-electron chi connectivity index (χ1n) is 6.54. The van der Waals surface area contributed by atoms with E-state index in [4.69, 9.17) is 5.26 Å². The Labute approximate surface area is 103 Å². The Kier molecular flexibility index (Phi) is 3.68. The number of rotatable bonds is 4. The molecule has 1 amide bonds. The molecular weight excluding hydrogens is 214 g/mol. The highest BCUT2D eigenvalue weighted by molar-refractivity contribution is 5.88. The number of carbonyl (C=O) groups excluding carboxylic acids is 1. The van der Waals surface area contributed by atoms with E-state index in [9.17, 15) is 4.79 Å². The Hall–Kier alpha value is -1.08. The van der Waals surface area contributed by atoms with E-state index in [-0.39, 0.29) is 5.91 Å². The first kappa shape index (κ1) is 12.4. The van der Waals surface area contributed by atoms with Gasteiger partial charge >= 0.3 is 0 Å². The van der Waals surface area contributed by atoms with Crippen LogP contribution in [0.15, 0.2) is 0 Å². The predicted molar refractivity (Wildman–Crippen MR) is 65.1 cm³/mol. The number of nitrogens with zero attached hydrogens (tertiary/aromatic N) is 2. The van der Waals surface area contributed by atoms with Gasteiger partial charge in [-0.2, -0.15) is 5.26 Å². The van der Waals surface area contributed by atoms with Gasteiger partial charge in [0.1, 0.15) is 5.41 Å². The van der Waals surface area contributed by atoms with E-state index in [1.807, 2.05) is 0 Å². The molecule has 4 nitrogen and oxygen atoms in total. The molecule has 1 aliphatic carbocycles. The second-order valence-corrected chi connectivity index (χ2v) is 5.49. The Morgan fingerprint density at radius 3 is 2.65 bits per heavy atom. The average molecular weight is 235 g/mol. The average Bonchev–Trinajstić information content (AvgIpc) is 3.12. The number of nitrogens with one attached hydrogen (secondary N) is 1. The molecule has 0 unspecified atom stereocenters. The molecule has 1 aliphatic heterocycles. The summed E-state index contributed by atoms with van der Waals surface area (Å²) in [7, 11) is 2.15. The monoisotopic (exact) mass is 235 g/mol. The van der Waals surface area contributed by atoms with Crippen LogP contribution in [0.3, 0.4) is 0 Å². The van der Waals surface area contributed by atoms with Crippen LogP contribution >= 0.6 is 0 Å². The third-order valence-electron chi connectivity index (χ3n) is 4.07. The minimum Gasteiger partial charge on any atom is -0.355 e. The van der Waals surface area contributed by atoms with Gasteiger partial charge in [0.05, 0.1) is 6.07 Å². The maximum atomic E-state index is 11.7. The van der Waals surface area contributed by atoms with Crippen LogP contribution in [-0.2, 0) is 4.79 Å². The molecule has 0 aromatic heterocycles. The van der Waals surface area contributed by atoms with Crippen LogP contribution in [0.1, 0.15) is 32.1 Å². The summed E-state index contributed by atoms with van der Waals surface area (Å²) in [6, 6.07) is 2.13. The van der Waals surface area contributed by atoms with Crippen LogP contribution < -0.4 is 5.32 Å². The van der Waals surface area contributed by atoms with E-state index in [0.717, 1.165) is 31.7 Å². The van der Waals surface area contributed by atoms with Gasteiger partial charge in [0.15, 0.2) is 0 Å². The lowest BCUT2D eigenvalue weighted by molar-refractivity contribution is -0.124. The van der Waals surface area contributed by atoms with Crippen LogP contribution in [0.4, 0.5) is 0 Å². The SMILES string of the molecule is CN1CCC(CCNC(=O)C2(C#N)CC2)CC1. The first-order chi connectivity index (χ1) is 8.16. The lowest BCUT2D eigenvalue weighted by Gasteiger charge is -2.28. The standard InChI is InChI=1S/C13H21N3O/c1-16-8-3-11(4-9-16)2-7-15-12(17)13(10-14)5-6-13/h11H,2-9H2,1H3,(H,15,17). The highest BCUT2D eigenvalue weighted by Gasteiger charge is 2.50. The van der Waals surface area contributed by atoms with E-state index in [0.29, 0.717) is 0 Å². The molecule has 2 fully saturated rings. The van der Waals surface area contributed by atoms with Crippen molar-refractivity contribution in [1.29, 1.82) is 5.26 Å². The van der Waals surface area contributed by atoms with Gasteiger partial charge in [-0.15, -0.1) is 0 Å². The second kappa shape index (κ2) is 5.05. The third kappa shape index (κ3) is 2.98. The summed E-state index contributed by atoms with van der Waals surface area (Å²) in [5.41, 5.74) is -0.660. The van der Waals surface area contributed by atoms with Crippen molar-refractivity contribution < 1.29 is 4.79 Å². The van der Waals surface area contributed by atoms with Crippen molar-refractivity contribution in [3.05, 3.63) is 0 Å². The number of piperidine rings is 1. The van der Waals surface area contributed by atoms with Crippen LogP contribution in [-0.4, -0.2) is 37.5 Å². The van der Waals surface area contributed by atoms with Crippen LogP contribution in [0.2, 0.25) is 0 Å². The maximum absolute atomic E-state index is 11.7. The molecule has 0 aromatic carbocycles. The number of hydrogen-bond acceptors (Lipinski definition) is 3. The molecule has 0 aromatic rings.